The second-order valence-electron chi connectivity index (χ2n) is 7.48. The molecule has 0 aliphatic heterocycles. The van der Waals surface area contributed by atoms with Crippen molar-refractivity contribution in [1.29, 1.82) is 0 Å². The first-order valence-corrected chi connectivity index (χ1v) is 8.35. The molecule has 0 spiro atoms. The lowest BCUT2D eigenvalue weighted by atomic mass is 9.58. The maximum absolute atomic E-state index is 11.7. The molecule has 4 aliphatic rings. The summed E-state index contributed by atoms with van der Waals surface area (Å²) in [5.74, 6) is 3.84. The number of aliphatic hydroxyl groups is 1. The smallest absolute Gasteiger partial charge is 0.156 e. The van der Waals surface area contributed by atoms with Gasteiger partial charge < -0.3 is 5.11 Å². The van der Waals surface area contributed by atoms with Gasteiger partial charge in [-0.1, -0.05) is 25.0 Å². The number of rotatable bonds is 0. The zero-order valence-corrected chi connectivity index (χ0v) is 13.1. The van der Waals surface area contributed by atoms with Crippen LogP contribution < -0.4 is 0 Å². The molecule has 0 aromatic rings. The van der Waals surface area contributed by atoms with Gasteiger partial charge >= 0.3 is 0 Å². The monoisotopic (exact) mass is 294 g/mol. The van der Waals surface area contributed by atoms with Crippen molar-refractivity contribution >= 4 is 5.78 Å². The summed E-state index contributed by atoms with van der Waals surface area (Å²) >= 11 is 0. The summed E-state index contributed by atoms with van der Waals surface area (Å²) in [7, 11) is 0. The molecule has 114 valence electrons. The molecule has 0 heterocycles. The molecule has 0 radical (unpaired) electrons. The number of allylic oxidation sites excluding steroid dienone is 5. The minimum atomic E-state index is -1.01. The van der Waals surface area contributed by atoms with Gasteiger partial charge in [0.15, 0.2) is 5.78 Å². The molecule has 4 rings (SSSR count). The van der Waals surface area contributed by atoms with Crippen molar-refractivity contribution in [2.24, 2.45) is 17.3 Å². The molecule has 4 aliphatic carbocycles. The van der Waals surface area contributed by atoms with Gasteiger partial charge in [0.05, 0.1) is 0 Å². The minimum Gasteiger partial charge on any atom is -0.377 e. The van der Waals surface area contributed by atoms with E-state index in [1.54, 1.807) is 0 Å². The van der Waals surface area contributed by atoms with Gasteiger partial charge in [-0.15, -0.1) is 6.42 Å². The predicted molar refractivity (Wildman–Crippen MR) is 85.8 cm³/mol. The van der Waals surface area contributed by atoms with Crippen molar-refractivity contribution in [1.82, 2.24) is 0 Å². The summed E-state index contributed by atoms with van der Waals surface area (Å²) in [4.78, 5) is 11.7. The molecule has 0 amide bonds. The maximum Gasteiger partial charge on any atom is 0.156 e. The van der Waals surface area contributed by atoms with E-state index in [2.05, 4.69) is 25.0 Å². The van der Waals surface area contributed by atoms with Crippen molar-refractivity contribution < 1.29 is 9.90 Å². The van der Waals surface area contributed by atoms with Crippen LogP contribution in [-0.4, -0.2) is 16.5 Å². The molecule has 1 fully saturated rings. The highest BCUT2D eigenvalue weighted by atomic mass is 16.3. The van der Waals surface area contributed by atoms with Gasteiger partial charge in [0, 0.05) is 11.8 Å². The molecule has 0 aromatic carbocycles. The molecule has 0 bridgehead atoms. The molecule has 2 heteroatoms. The number of hydrogen-bond acceptors (Lipinski definition) is 2. The Balaban J connectivity index is 1.83. The van der Waals surface area contributed by atoms with Crippen molar-refractivity contribution in [3.05, 3.63) is 34.9 Å². The normalized spacial score (nSPS) is 43.1. The first-order valence-electron chi connectivity index (χ1n) is 8.35. The number of carbonyl (C=O) groups excluding carboxylic acids is 1. The molecule has 1 saturated carbocycles. The van der Waals surface area contributed by atoms with Crippen LogP contribution in [-0.2, 0) is 4.79 Å². The van der Waals surface area contributed by atoms with Crippen LogP contribution in [0.1, 0.15) is 45.4 Å². The van der Waals surface area contributed by atoms with Crippen LogP contribution in [0.2, 0.25) is 0 Å². The quantitative estimate of drug-likeness (QED) is 0.696. The Morgan fingerprint density at radius 1 is 1.32 bits per heavy atom. The van der Waals surface area contributed by atoms with E-state index in [-0.39, 0.29) is 11.2 Å². The van der Waals surface area contributed by atoms with Crippen LogP contribution >= 0.6 is 0 Å². The van der Waals surface area contributed by atoms with E-state index in [1.807, 2.05) is 6.08 Å². The summed E-state index contributed by atoms with van der Waals surface area (Å²) in [6.07, 6.45) is 17.1. The fraction of sp³-hybridized carbons (Fsp3) is 0.550. The van der Waals surface area contributed by atoms with Crippen LogP contribution in [0.4, 0.5) is 0 Å². The van der Waals surface area contributed by atoms with Crippen LogP contribution in [0, 0.1) is 29.6 Å². The summed E-state index contributed by atoms with van der Waals surface area (Å²) in [6, 6.07) is 0. The van der Waals surface area contributed by atoms with E-state index in [9.17, 15) is 9.90 Å². The summed E-state index contributed by atoms with van der Waals surface area (Å²) in [6.45, 7) is 2.12. The second kappa shape index (κ2) is 4.46. The highest BCUT2D eigenvalue weighted by Gasteiger charge is 2.58. The minimum absolute atomic E-state index is 0.269. The summed E-state index contributed by atoms with van der Waals surface area (Å²) in [5, 5.41) is 10.9. The van der Waals surface area contributed by atoms with E-state index in [4.69, 9.17) is 6.42 Å². The van der Waals surface area contributed by atoms with Gasteiger partial charge in [-0.25, -0.2) is 0 Å². The third-order valence-electron chi connectivity index (χ3n) is 6.63. The number of ketones is 1. The number of fused-ring (bicyclic) bond motifs is 4. The lowest BCUT2D eigenvalue weighted by Gasteiger charge is -2.46. The Morgan fingerprint density at radius 2 is 2.14 bits per heavy atom. The van der Waals surface area contributed by atoms with Crippen molar-refractivity contribution in [2.45, 2.75) is 51.0 Å². The van der Waals surface area contributed by atoms with Gasteiger partial charge in [-0.2, -0.15) is 0 Å². The fourth-order valence-corrected chi connectivity index (χ4v) is 5.26. The largest absolute Gasteiger partial charge is 0.377 e. The molecule has 2 nitrogen and oxygen atoms in total. The topological polar surface area (TPSA) is 37.3 Å². The van der Waals surface area contributed by atoms with E-state index in [1.165, 1.54) is 16.7 Å². The Morgan fingerprint density at radius 3 is 2.91 bits per heavy atom. The number of carbonyl (C=O) groups is 1. The lowest BCUT2D eigenvalue weighted by Crippen LogP contribution is -2.46. The van der Waals surface area contributed by atoms with E-state index >= 15 is 0 Å². The Bertz CT molecular complexity index is 687. The van der Waals surface area contributed by atoms with Crippen LogP contribution in [0.25, 0.3) is 0 Å². The third kappa shape index (κ3) is 1.64. The SMILES string of the molecule is C#C[C@]1(O)CC[C@H]2[C@@H]3CCC4=CC(=O)CCC4=C3C=C[C@@]21C. The Labute approximate surface area is 132 Å². The van der Waals surface area contributed by atoms with Crippen molar-refractivity contribution in [3.8, 4) is 12.3 Å². The second-order valence-corrected chi connectivity index (χ2v) is 7.48. The Hall–Kier alpha value is -1.59. The Kier molecular flexibility index (Phi) is 2.84. The van der Waals surface area contributed by atoms with Crippen molar-refractivity contribution in [3.63, 3.8) is 0 Å². The average Bonchev–Trinajstić information content (AvgIpc) is 2.79. The molecule has 0 saturated heterocycles. The van der Waals surface area contributed by atoms with Crippen molar-refractivity contribution in [2.75, 3.05) is 0 Å². The van der Waals surface area contributed by atoms with E-state index < -0.39 is 5.60 Å². The maximum atomic E-state index is 11.7. The van der Waals surface area contributed by atoms with Gasteiger partial charge in [0.25, 0.3) is 0 Å². The molecule has 1 N–H and O–H groups in total. The molecular weight excluding hydrogens is 272 g/mol. The van der Waals surface area contributed by atoms with E-state index in [0.717, 1.165) is 25.7 Å². The van der Waals surface area contributed by atoms with Crippen LogP contribution in [0.5, 0.6) is 0 Å². The van der Waals surface area contributed by atoms with E-state index in [0.29, 0.717) is 24.7 Å². The standard InChI is InChI=1S/C20H22O2/c1-3-20(22)11-9-18-17-6-4-13-12-14(21)5-7-15(13)16(17)8-10-19(18,20)2/h1,8,10,12,17-18,22H,4-7,9,11H2,2H3/t17-,18+,19+,20+/m1/s1. The number of terminal acetylenes is 1. The van der Waals surface area contributed by atoms with Crippen LogP contribution in [0.15, 0.2) is 34.9 Å². The lowest BCUT2D eigenvalue weighted by molar-refractivity contribution is -0.114. The third-order valence-corrected chi connectivity index (χ3v) is 6.63. The highest BCUT2D eigenvalue weighted by Crippen LogP contribution is 2.60. The molecule has 0 unspecified atom stereocenters. The first kappa shape index (κ1) is 14.0. The first-order chi connectivity index (χ1) is 10.5. The summed E-state index contributed by atoms with van der Waals surface area (Å²) < 4.78 is 0. The van der Waals surface area contributed by atoms with Gasteiger partial charge in [-0.3, -0.25) is 4.79 Å². The highest BCUT2D eigenvalue weighted by molar-refractivity contribution is 5.93. The van der Waals surface area contributed by atoms with Gasteiger partial charge in [0.2, 0.25) is 0 Å². The van der Waals surface area contributed by atoms with Crippen LogP contribution in [0.3, 0.4) is 0 Å². The summed E-state index contributed by atoms with van der Waals surface area (Å²) in [5.41, 5.74) is 2.73. The number of hydrogen-bond donors (Lipinski definition) is 1. The molecule has 4 atom stereocenters. The molecular formula is C20H22O2. The molecule has 0 aromatic heterocycles. The zero-order valence-electron chi connectivity index (χ0n) is 13.1. The molecule has 22 heavy (non-hydrogen) atoms. The zero-order chi connectivity index (χ0) is 15.5. The van der Waals surface area contributed by atoms with Gasteiger partial charge in [0.1, 0.15) is 5.60 Å². The van der Waals surface area contributed by atoms with Gasteiger partial charge in [-0.05, 0) is 66.7 Å². The fourth-order valence-electron chi connectivity index (χ4n) is 5.26. The predicted octanol–water partition coefficient (Wildman–Crippen LogP) is 3.33. The average molecular weight is 294 g/mol.